The number of likely N-dealkylation sites (tertiary alicyclic amines) is 1. The zero-order chi connectivity index (χ0) is 19.1. The van der Waals surface area contributed by atoms with Gasteiger partial charge >= 0.3 is 0 Å². The van der Waals surface area contributed by atoms with E-state index in [1.807, 2.05) is 4.90 Å². The molecule has 2 aliphatic heterocycles. The van der Waals surface area contributed by atoms with Gasteiger partial charge in [0.1, 0.15) is 0 Å². The van der Waals surface area contributed by atoms with E-state index < -0.39 is 0 Å². The predicted octanol–water partition coefficient (Wildman–Crippen LogP) is 0.165. The Balaban J connectivity index is 1.39. The fourth-order valence-electron chi connectivity index (χ4n) is 4.94. The van der Waals surface area contributed by atoms with Gasteiger partial charge in [0.05, 0.1) is 25.5 Å². The van der Waals surface area contributed by atoms with Gasteiger partial charge in [0.15, 0.2) is 0 Å². The molecule has 8 heteroatoms. The monoisotopic (exact) mass is 387 g/mol. The third kappa shape index (κ3) is 3.33. The molecule has 1 saturated carbocycles. The number of nitrogens with one attached hydrogen (secondary N) is 2. The number of fused-ring (bicyclic) bond motifs is 2. The molecule has 2 saturated heterocycles. The Kier molecular flexibility index (Phi) is 4.63. The largest absolute Gasteiger partial charge is 0.378 e. The first kappa shape index (κ1) is 18.1. The number of aromatic nitrogens is 2. The summed E-state index contributed by atoms with van der Waals surface area (Å²) in [6.45, 7) is 4.71. The Bertz CT molecular complexity index is 815. The number of amides is 1. The van der Waals surface area contributed by atoms with Crippen molar-refractivity contribution in [2.24, 2.45) is 0 Å². The van der Waals surface area contributed by atoms with Gasteiger partial charge in [0.2, 0.25) is 11.9 Å². The van der Waals surface area contributed by atoms with Crippen LogP contribution in [0, 0.1) is 0 Å². The highest BCUT2D eigenvalue weighted by molar-refractivity contribution is 5.78. The Morgan fingerprint density at radius 2 is 2.07 bits per heavy atom. The second kappa shape index (κ2) is 7.15. The van der Waals surface area contributed by atoms with E-state index in [4.69, 9.17) is 9.72 Å². The number of aromatic amines is 1. The minimum atomic E-state index is -0.169. The lowest BCUT2D eigenvalue weighted by Gasteiger charge is -2.41. The maximum atomic E-state index is 12.8. The molecular formula is C20H29N5O3. The summed E-state index contributed by atoms with van der Waals surface area (Å²) >= 11 is 0. The molecule has 0 aromatic carbocycles. The third-order valence-electron chi connectivity index (χ3n) is 6.72. The third-order valence-corrected chi connectivity index (χ3v) is 6.72. The summed E-state index contributed by atoms with van der Waals surface area (Å²) in [6.07, 6.45) is 5.99. The van der Waals surface area contributed by atoms with E-state index in [0.717, 1.165) is 56.6 Å². The number of anilines is 1. The summed E-state index contributed by atoms with van der Waals surface area (Å²) in [5.74, 6) is 0.838. The Hall–Kier alpha value is -1.93. The fourth-order valence-corrected chi connectivity index (χ4v) is 4.94. The number of hydrogen-bond acceptors (Lipinski definition) is 6. The first-order chi connectivity index (χ1) is 13.6. The second-order valence-corrected chi connectivity index (χ2v) is 8.67. The molecule has 2 N–H and O–H groups in total. The van der Waals surface area contributed by atoms with Crippen LogP contribution in [0.2, 0.25) is 0 Å². The topological polar surface area (TPSA) is 90.6 Å². The molecule has 28 heavy (non-hydrogen) atoms. The summed E-state index contributed by atoms with van der Waals surface area (Å²) in [6, 6.07) is 0.534. The van der Waals surface area contributed by atoms with Crippen LogP contribution in [0.25, 0.3) is 0 Å². The van der Waals surface area contributed by atoms with Crippen molar-refractivity contribution in [3.05, 3.63) is 21.6 Å². The van der Waals surface area contributed by atoms with Crippen molar-refractivity contribution in [2.75, 3.05) is 50.8 Å². The van der Waals surface area contributed by atoms with Crippen molar-refractivity contribution in [3.63, 3.8) is 0 Å². The van der Waals surface area contributed by atoms with Crippen molar-refractivity contribution < 1.29 is 9.53 Å². The van der Waals surface area contributed by atoms with Gasteiger partial charge in [0.25, 0.3) is 5.56 Å². The molecule has 5 rings (SSSR count). The van der Waals surface area contributed by atoms with Gasteiger partial charge < -0.3 is 19.9 Å². The summed E-state index contributed by atoms with van der Waals surface area (Å²) < 4.78 is 5.43. The lowest BCUT2D eigenvalue weighted by atomic mass is 9.77. The van der Waals surface area contributed by atoms with Gasteiger partial charge in [-0.05, 0) is 38.5 Å². The van der Waals surface area contributed by atoms with Crippen LogP contribution in [-0.4, -0.2) is 72.8 Å². The van der Waals surface area contributed by atoms with Gasteiger partial charge in [-0.25, -0.2) is 4.98 Å². The molecule has 1 atom stereocenters. The SMILES string of the molecule is O=C(CNC1CC1)N1CCCC2(CCc3c2nc(N2CCOCC2)[nH]c3=O)C1. The van der Waals surface area contributed by atoms with E-state index >= 15 is 0 Å². The second-order valence-electron chi connectivity index (χ2n) is 8.67. The van der Waals surface area contributed by atoms with E-state index in [1.54, 1.807) is 0 Å². The van der Waals surface area contributed by atoms with Gasteiger partial charge in [-0.2, -0.15) is 0 Å². The molecule has 1 amide bonds. The average Bonchev–Trinajstić information content (AvgIpc) is 3.50. The molecule has 8 nitrogen and oxygen atoms in total. The van der Waals surface area contributed by atoms with E-state index in [0.29, 0.717) is 38.3 Å². The Morgan fingerprint density at radius 1 is 1.25 bits per heavy atom. The maximum absolute atomic E-state index is 12.8. The number of rotatable bonds is 4. The molecule has 1 unspecified atom stereocenters. The number of hydrogen-bond donors (Lipinski definition) is 2. The quantitative estimate of drug-likeness (QED) is 0.765. The highest BCUT2D eigenvalue weighted by atomic mass is 16.5. The lowest BCUT2D eigenvalue weighted by molar-refractivity contribution is -0.132. The van der Waals surface area contributed by atoms with E-state index in [9.17, 15) is 9.59 Å². The van der Waals surface area contributed by atoms with Crippen molar-refractivity contribution in [3.8, 4) is 0 Å². The number of carbonyl (C=O) groups excluding carboxylic acids is 1. The first-order valence-corrected chi connectivity index (χ1v) is 10.6. The standard InChI is InChI=1S/C20H29N5O3/c26-16(12-21-14-2-3-14)25-7-1-5-20(13-25)6-4-15-17(20)22-19(23-18(15)27)24-8-10-28-11-9-24/h14,21H,1-13H2,(H,22,23,27). The maximum Gasteiger partial charge on any atom is 0.255 e. The van der Waals surface area contributed by atoms with E-state index in [2.05, 4.69) is 15.2 Å². The number of piperidine rings is 1. The van der Waals surface area contributed by atoms with Crippen molar-refractivity contribution >= 4 is 11.9 Å². The van der Waals surface area contributed by atoms with Crippen LogP contribution < -0.4 is 15.8 Å². The number of morpholine rings is 1. The number of carbonyl (C=O) groups is 1. The summed E-state index contributed by atoms with van der Waals surface area (Å²) in [7, 11) is 0. The normalized spacial score (nSPS) is 27.3. The van der Waals surface area contributed by atoms with Crippen LogP contribution in [-0.2, 0) is 21.4 Å². The Labute approximate surface area is 164 Å². The van der Waals surface area contributed by atoms with Crippen LogP contribution >= 0.6 is 0 Å². The first-order valence-electron chi connectivity index (χ1n) is 10.6. The zero-order valence-corrected chi connectivity index (χ0v) is 16.3. The lowest BCUT2D eigenvalue weighted by Crippen LogP contribution is -2.50. The number of nitrogens with zero attached hydrogens (tertiary/aromatic N) is 3. The minimum absolute atomic E-state index is 0.0118. The number of ether oxygens (including phenoxy) is 1. The minimum Gasteiger partial charge on any atom is -0.378 e. The predicted molar refractivity (Wildman–Crippen MR) is 105 cm³/mol. The fraction of sp³-hybridized carbons (Fsp3) is 0.750. The summed E-state index contributed by atoms with van der Waals surface area (Å²) in [5.41, 5.74) is 1.58. The van der Waals surface area contributed by atoms with Crippen molar-refractivity contribution in [1.82, 2.24) is 20.2 Å². The molecule has 1 aromatic rings. The highest BCUT2D eigenvalue weighted by Crippen LogP contribution is 2.43. The molecule has 3 heterocycles. The van der Waals surface area contributed by atoms with Crippen molar-refractivity contribution in [2.45, 2.75) is 50.0 Å². The molecule has 3 fully saturated rings. The van der Waals surface area contributed by atoms with Crippen LogP contribution in [0.4, 0.5) is 5.95 Å². The molecule has 4 aliphatic rings. The molecule has 1 aromatic heterocycles. The molecule has 2 aliphatic carbocycles. The average molecular weight is 387 g/mol. The summed E-state index contributed by atoms with van der Waals surface area (Å²) in [4.78, 5) is 37.5. The van der Waals surface area contributed by atoms with Gasteiger partial charge in [-0.1, -0.05) is 0 Å². The Morgan fingerprint density at radius 3 is 2.86 bits per heavy atom. The highest BCUT2D eigenvalue weighted by Gasteiger charge is 2.46. The molecule has 0 radical (unpaired) electrons. The smallest absolute Gasteiger partial charge is 0.255 e. The van der Waals surface area contributed by atoms with Crippen LogP contribution in [0.3, 0.4) is 0 Å². The van der Waals surface area contributed by atoms with Gasteiger partial charge in [0, 0.05) is 43.2 Å². The van der Waals surface area contributed by atoms with E-state index in [-0.39, 0.29) is 16.9 Å². The zero-order valence-electron chi connectivity index (χ0n) is 16.3. The molecule has 0 bridgehead atoms. The molecule has 152 valence electrons. The van der Waals surface area contributed by atoms with Crippen LogP contribution in [0.5, 0.6) is 0 Å². The van der Waals surface area contributed by atoms with Crippen LogP contribution in [0.1, 0.15) is 43.4 Å². The van der Waals surface area contributed by atoms with Crippen molar-refractivity contribution in [1.29, 1.82) is 0 Å². The molecule has 1 spiro atoms. The van der Waals surface area contributed by atoms with Crippen LogP contribution in [0.15, 0.2) is 4.79 Å². The van der Waals surface area contributed by atoms with Gasteiger partial charge in [-0.15, -0.1) is 0 Å². The summed E-state index contributed by atoms with van der Waals surface area (Å²) in [5, 5.41) is 3.33. The van der Waals surface area contributed by atoms with E-state index in [1.165, 1.54) is 12.8 Å². The van der Waals surface area contributed by atoms with Gasteiger partial charge in [-0.3, -0.25) is 14.6 Å². The molecular weight excluding hydrogens is 358 g/mol. The number of H-pyrrole nitrogens is 1.